The van der Waals surface area contributed by atoms with Gasteiger partial charge in [0.25, 0.3) is 11.8 Å². The summed E-state index contributed by atoms with van der Waals surface area (Å²) in [4.78, 5) is 48.3. The number of phenols is 1. The quantitative estimate of drug-likeness (QED) is 0.298. The van der Waals surface area contributed by atoms with Gasteiger partial charge in [-0.25, -0.2) is 9.69 Å². The van der Waals surface area contributed by atoms with E-state index >= 15 is 0 Å². The Balaban J connectivity index is 2.11. The van der Waals surface area contributed by atoms with Crippen LogP contribution < -0.4 is 10.2 Å². The number of nitrogens with zero attached hydrogens (tertiary/aromatic N) is 2. The fraction of sp³-hybridized carbons (Fsp3) is 0.0556. The van der Waals surface area contributed by atoms with Gasteiger partial charge in [-0.3, -0.25) is 25.0 Å². The first-order valence-electron chi connectivity index (χ1n) is 7.94. The van der Waals surface area contributed by atoms with Gasteiger partial charge in [-0.2, -0.15) is 0 Å². The van der Waals surface area contributed by atoms with Gasteiger partial charge in [-0.1, -0.05) is 27.5 Å². The predicted octanol–water partition coefficient (Wildman–Crippen LogP) is 3.69. The molecule has 0 unspecified atom stereocenters. The van der Waals surface area contributed by atoms with E-state index in [0.717, 1.165) is 33.1 Å². The molecule has 3 rings (SSSR count). The van der Waals surface area contributed by atoms with Crippen LogP contribution >= 0.6 is 27.5 Å². The molecule has 0 spiro atoms. The number of carbonyl (C=O) groups excluding carboxylic acids is 3. The lowest BCUT2D eigenvalue weighted by Crippen LogP contribution is -2.54. The topological polar surface area (TPSA) is 130 Å². The minimum atomic E-state index is -1.01. The van der Waals surface area contributed by atoms with Crippen LogP contribution in [0.25, 0.3) is 6.08 Å². The number of nitrogens with one attached hydrogen (secondary N) is 1. The monoisotopic (exact) mass is 479 g/mol. The van der Waals surface area contributed by atoms with Gasteiger partial charge in [0.05, 0.1) is 10.6 Å². The predicted molar refractivity (Wildman–Crippen MR) is 108 cm³/mol. The van der Waals surface area contributed by atoms with Gasteiger partial charge in [0.2, 0.25) is 5.75 Å². The number of nitro benzene ring substituents is 1. The zero-order valence-corrected chi connectivity index (χ0v) is 16.9. The summed E-state index contributed by atoms with van der Waals surface area (Å²) in [6, 6.07) is 5.85. The van der Waals surface area contributed by atoms with Crippen LogP contribution in [-0.2, 0) is 9.59 Å². The van der Waals surface area contributed by atoms with Gasteiger partial charge in [0, 0.05) is 21.1 Å². The lowest BCUT2D eigenvalue weighted by atomic mass is 10.0. The van der Waals surface area contributed by atoms with Gasteiger partial charge in [-0.05, 0) is 42.8 Å². The minimum absolute atomic E-state index is 0.0820. The molecule has 0 atom stereocenters. The van der Waals surface area contributed by atoms with E-state index in [4.69, 9.17) is 11.6 Å². The standard InChI is InChI=1S/C18H11BrClN3O6/c1-8-4-11(2-3-13(8)19)22-17(26)12(16(25)21-18(22)27)6-9-5-10(20)7-14(15(9)24)23(28)29/h2-7,24H,1H3,(H,21,25,27)/b12-6+. The van der Waals surface area contributed by atoms with E-state index in [2.05, 4.69) is 15.9 Å². The van der Waals surface area contributed by atoms with Crippen molar-refractivity contribution in [1.29, 1.82) is 0 Å². The zero-order valence-electron chi connectivity index (χ0n) is 14.6. The van der Waals surface area contributed by atoms with Crippen LogP contribution in [-0.4, -0.2) is 27.9 Å². The van der Waals surface area contributed by atoms with Crippen LogP contribution in [0.3, 0.4) is 0 Å². The average molecular weight is 481 g/mol. The summed E-state index contributed by atoms with van der Waals surface area (Å²) in [6.45, 7) is 1.75. The lowest BCUT2D eigenvalue weighted by Gasteiger charge is -2.26. The first kappa shape index (κ1) is 20.5. The highest BCUT2D eigenvalue weighted by molar-refractivity contribution is 9.10. The van der Waals surface area contributed by atoms with Crippen molar-refractivity contribution in [3.8, 4) is 5.75 Å². The number of anilines is 1. The Bertz CT molecular complexity index is 1130. The SMILES string of the molecule is Cc1cc(N2C(=O)NC(=O)/C(=C\c3cc(Cl)cc([N+](=O)[O-])c3O)C2=O)ccc1Br. The molecule has 0 aromatic heterocycles. The number of rotatable bonds is 3. The van der Waals surface area contributed by atoms with Crippen LogP contribution in [0.15, 0.2) is 40.4 Å². The number of imide groups is 2. The van der Waals surface area contributed by atoms with Gasteiger partial charge in [0.15, 0.2) is 0 Å². The molecule has 1 fully saturated rings. The first-order chi connectivity index (χ1) is 13.6. The number of aryl methyl sites for hydroxylation is 1. The fourth-order valence-electron chi connectivity index (χ4n) is 2.67. The average Bonchev–Trinajstić information content (AvgIpc) is 2.63. The van der Waals surface area contributed by atoms with Gasteiger partial charge in [-0.15, -0.1) is 0 Å². The Morgan fingerprint density at radius 3 is 2.55 bits per heavy atom. The lowest BCUT2D eigenvalue weighted by molar-refractivity contribution is -0.385. The van der Waals surface area contributed by atoms with Crippen LogP contribution in [0.4, 0.5) is 16.2 Å². The summed E-state index contributed by atoms with van der Waals surface area (Å²) < 4.78 is 0.758. The number of urea groups is 1. The van der Waals surface area contributed by atoms with E-state index in [1.54, 1.807) is 19.1 Å². The Morgan fingerprint density at radius 2 is 1.93 bits per heavy atom. The summed E-state index contributed by atoms with van der Waals surface area (Å²) in [6.07, 6.45) is 0.942. The Morgan fingerprint density at radius 1 is 1.24 bits per heavy atom. The molecule has 0 bridgehead atoms. The highest BCUT2D eigenvalue weighted by Gasteiger charge is 2.37. The molecule has 1 aliphatic rings. The van der Waals surface area contributed by atoms with Crippen molar-refractivity contribution < 1.29 is 24.4 Å². The van der Waals surface area contributed by atoms with Crippen LogP contribution in [0.2, 0.25) is 5.02 Å². The number of nitro groups is 1. The normalized spacial score (nSPS) is 15.6. The van der Waals surface area contributed by atoms with E-state index in [9.17, 15) is 29.6 Å². The Labute approximate surface area is 176 Å². The van der Waals surface area contributed by atoms with Gasteiger partial charge >= 0.3 is 11.7 Å². The number of hydrogen-bond acceptors (Lipinski definition) is 6. The molecule has 1 aliphatic heterocycles. The molecule has 29 heavy (non-hydrogen) atoms. The van der Waals surface area contributed by atoms with Gasteiger partial charge in [0.1, 0.15) is 5.57 Å². The maximum Gasteiger partial charge on any atom is 0.335 e. The number of amides is 4. The second-order valence-corrected chi connectivity index (χ2v) is 7.30. The summed E-state index contributed by atoms with van der Waals surface area (Å²) in [5.41, 5.74) is -0.452. The highest BCUT2D eigenvalue weighted by Crippen LogP contribution is 2.35. The van der Waals surface area contributed by atoms with Crippen LogP contribution in [0, 0.1) is 17.0 Å². The molecule has 1 saturated heterocycles. The molecule has 11 heteroatoms. The summed E-state index contributed by atoms with van der Waals surface area (Å²) in [7, 11) is 0. The van der Waals surface area contributed by atoms with E-state index < -0.39 is 39.8 Å². The van der Waals surface area contributed by atoms with E-state index in [0.29, 0.717) is 0 Å². The number of barbiturate groups is 1. The third-order valence-electron chi connectivity index (χ3n) is 4.08. The molecular formula is C18H11BrClN3O6. The highest BCUT2D eigenvalue weighted by atomic mass is 79.9. The molecule has 1 heterocycles. The Hall–Kier alpha value is -3.24. The van der Waals surface area contributed by atoms with Crippen molar-refractivity contribution in [3.63, 3.8) is 0 Å². The van der Waals surface area contributed by atoms with Crippen LogP contribution in [0.5, 0.6) is 5.75 Å². The molecule has 0 saturated carbocycles. The summed E-state index contributed by atoms with van der Waals surface area (Å²) in [5.74, 6) is -2.73. The smallest absolute Gasteiger partial charge is 0.335 e. The van der Waals surface area contributed by atoms with Crippen molar-refractivity contribution in [3.05, 3.63) is 66.6 Å². The second-order valence-electron chi connectivity index (χ2n) is 6.01. The minimum Gasteiger partial charge on any atom is -0.502 e. The fourth-order valence-corrected chi connectivity index (χ4v) is 3.14. The maximum absolute atomic E-state index is 12.9. The molecule has 0 aliphatic carbocycles. The molecule has 4 amide bonds. The molecule has 148 valence electrons. The number of phenolic OH excluding ortho intramolecular Hbond substituents is 1. The third-order valence-corrected chi connectivity index (χ3v) is 5.19. The van der Waals surface area contributed by atoms with E-state index in [1.165, 1.54) is 6.07 Å². The molecule has 2 aromatic rings. The van der Waals surface area contributed by atoms with Crippen LogP contribution in [0.1, 0.15) is 11.1 Å². The number of hydrogen-bond donors (Lipinski definition) is 2. The van der Waals surface area contributed by atoms with Crippen molar-refractivity contribution in [2.24, 2.45) is 0 Å². The van der Waals surface area contributed by atoms with Crippen molar-refractivity contribution in [2.75, 3.05) is 4.90 Å². The van der Waals surface area contributed by atoms with E-state index in [1.807, 2.05) is 5.32 Å². The summed E-state index contributed by atoms with van der Waals surface area (Å²) >= 11 is 9.15. The first-order valence-corrected chi connectivity index (χ1v) is 9.11. The Kier molecular flexibility index (Phi) is 5.40. The zero-order chi connectivity index (χ0) is 21.5. The maximum atomic E-state index is 12.9. The number of halogens is 2. The largest absolute Gasteiger partial charge is 0.502 e. The van der Waals surface area contributed by atoms with E-state index in [-0.39, 0.29) is 16.3 Å². The molecular weight excluding hydrogens is 470 g/mol. The number of carbonyl (C=O) groups is 3. The third kappa shape index (κ3) is 3.84. The molecule has 9 nitrogen and oxygen atoms in total. The van der Waals surface area contributed by atoms with Crippen molar-refractivity contribution in [1.82, 2.24) is 5.32 Å². The van der Waals surface area contributed by atoms with Gasteiger partial charge < -0.3 is 5.11 Å². The number of aromatic hydroxyl groups is 1. The molecule has 2 aromatic carbocycles. The summed E-state index contributed by atoms with van der Waals surface area (Å²) in [5, 5.41) is 23.1. The second kappa shape index (κ2) is 7.64. The molecule has 2 N–H and O–H groups in total. The number of benzene rings is 2. The van der Waals surface area contributed by atoms with Crippen molar-refractivity contribution >= 4 is 62.8 Å². The molecule has 0 radical (unpaired) electrons. The van der Waals surface area contributed by atoms with Crippen molar-refractivity contribution in [2.45, 2.75) is 6.92 Å².